The second-order valence-electron chi connectivity index (χ2n) is 6.37. The third-order valence-corrected chi connectivity index (χ3v) is 4.18. The van der Waals surface area contributed by atoms with Crippen molar-refractivity contribution in [3.05, 3.63) is 47.4 Å². The van der Waals surface area contributed by atoms with Crippen LogP contribution < -0.4 is 15.8 Å². The van der Waals surface area contributed by atoms with Gasteiger partial charge in [-0.1, -0.05) is 26.0 Å². The molecule has 3 aromatic rings. The number of rotatable bonds is 6. The highest BCUT2D eigenvalue weighted by Crippen LogP contribution is 2.24. The summed E-state index contributed by atoms with van der Waals surface area (Å²) in [6, 6.07) is 7.62. The van der Waals surface area contributed by atoms with Crippen molar-refractivity contribution in [2.75, 3.05) is 12.4 Å². The maximum atomic E-state index is 11.7. The molecule has 136 valence electrons. The number of methoxy groups -OCH3 is 1. The summed E-state index contributed by atoms with van der Waals surface area (Å²) < 4.78 is 6.87. The number of carbonyl (C=O) groups is 1. The monoisotopic (exact) mass is 354 g/mol. The van der Waals surface area contributed by atoms with Crippen LogP contribution in [0.2, 0.25) is 0 Å². The summed E-state index contributed by atoms with van der Waals surface area (Å²) in [4.78, 5) is 20.2. The van der Waals surface area contributed by atoms with Gasteiger partial charge in [-0.15, -0.1) is 0 Å². The third-order valence-electron chi connectivity index (χ3n) is 4.18. The van der Waals surface area contributed by atoms with E-state index in [1.165, 1.54) is 0 Å². The van der Waals surface area contributed by atoms with Gasteiger partial charge in [-0.2, -0.15) is 14.6 Å². The molecule has 2 heterocycles. The number of anilines is 1. The van der Waals surface area contributed by atoms with Gasteiger partial charge in [-0.3, -0.25) is 4.79 Å². The Labute approximate surface area is 151 Å². The zero-order valence-corrected chi connectivity index (χ0v) is 15.2. The van der Waals surface area contributed by atoms with E-state index in [1.54, 1.807) is 17.8 Å². The molecule has 0 saturated heterocycles. The number of hydrogen-bond donors (Lipinski definition) is 2. The van der Waals surface area contributed by atoms with E-state index in [0.717, 1.165) is 16.9 Å². The lowest BCUT2D eigenvalue weighted by Crippen LogP contribution is -2.20. The summed E-state index contributed by atoms with van der Waals surface area (Å²) in [6.45, 7) is 6.06. The molecule has 3 N–H and O–H groups in total. The number of amides is 1. The van der Waals surface area contributed by atoms with Gasteiger partial charge in [0.15, 0.2) is 5.65 Å². The molecule has 0 saturated carbocycles. The van der Waals surface area contributed by atoms with E-state index >= 15 is 0 Å². The van der Waals surface area contributed by atoms with Crippen LogP contribution >= 0.6 is 0 Å². The molecule has 1 atom stereocenters. The number of primary amides is 1. The number of fused-ring (bicyclic) bond motifs is 1. The van der Waals surface area contributed by atoms with Gasteiger partial charge in [-0.25, -0.2) is 4.98 Å². The highest BCUT2D eigenvalue weighted by molar-refractivity contribution is 5.89. The maximum absolute atomic E-state index is 11.7. The predicted molar refractivity (Wildman–Crippen MR) is 98.4 cm³/mol. The van der Waals surface area contributed by atoms with E-state index in [0.29, 0.717) is 11.6 Å². The first-order valence-corrected chi connectivity index (χ1v) is 8.36. The molecule has 3 rings (SSSR count). The van der Waals surface area contributed by atoms with Gasteiger partial charge in [0.1, 0.15) is 5.75 Å². The molecule has 0 spiro atoms. The lowest BCUT2D eigenvalue weighted by molar-refractivity contribution is 0.0990. The normalized spacial score (nSPS) is 12.3. The molecule has 0 bridgehead atoms. The summed E-state index contributed by atoms with van der Waals surface area (Å²) in [5, 5.41) is 7.66. The molecule has 0 aliphatic carbocycles. The first-order chi connectivity index (χ1) is 12.4. The number of carbonyl (C=O) groups excluding carboxylic acids is 1. The molecule has 0 fully saturated rings. The highest BCUT2D eigenvalue weighted by Gasteiger charge is 2.18. The zero-order chi connectivity index (χ0) is 18.8. The van der Waals surface area contributed by atoms with Crippen LogP contribution in [0.4, 0.5) is 5.95 Å². The van der Waals surface area contributed by atoms with E-state index in [2.05, 4.69) is 20.4 Å². The van der Waals surface area contributed by atoms with Crippen molar-refractivity contribution in [1.29, 1.82) is 0 Å². The van der Waals surface area contributed by atoms with Gasteiger partial charge >= 0.3 is 0 Å². The van der Waals surface area contributed by atoms with Crippen molar-refractivity contribution < 1.29 is 9.53 Å². The van der Waals surface area contributed by atoms with Crippen LogP contribution in [0.1, 0.15) is 54.5 Å². The standard InChI is InChI=1S/C18H22N6O2/c1-10(2)14-9-20-24-17(14)22-16(15(19)25)23-18(24)21-11(3)12-6-5-7-13(8-12)26-4/h5-11H,1-4H3,(H2,19,25)(H,21,22,23). The summed E-state index contributed by atoms with van der Waals surface area (Å²) in [5.74, 6) is 0.654. The van der Waals surface area contributed by atoms with Crippen molar-refractivity contribution in [1.82, 2.24) is 19.6 Å². The molecule has 26 heavy (non-hydrogen) atoms. The van der Waals surface area contributed by atoms with Gasteiger partial charge in [0, 0.05) is 5.56 Å². The Morgan fingerprint density at radius 1 is 1.27 bits per heavy atom. The number of nitrogens with one attached hydrogen (secondary N) is 1. The molecule has 0 aliphatic rings. The average Bonchev–Trinajstić information content (AvgIpc) is 3.06. The molecule has 2 aromatic heterocycles. The molecular weight excluding hydrogens is 332 g/mol. The molecule has 1 aromatic carbocycles. The van der Waals surface area contributed by atoms with Gasteiger partial charge in [-0.05, 0) is 30.5 Å². The largest absolute Gasteiger partial charge is 0.497 e. The Bertz CT molecular complexity index is 950. The number of aromatic nitrogens is 4. The van der Waals surface area contributed by atoms with Crippen LogP contribution in [-0.2, 0) is 0 Å². The highest BCUT2D eigenvalue weighted by atomic mass is 16.5. The van der Waals surface area contributed by atoms with E-state index in [4.69, 9.17) is 10.5 Å². The van der Waals surface area contributed by atoms with E-state index in [9.17, 15) is 4.79 Å². The van der Waals surface area contributed by atoms with Crippen LogP contribution in [0.25, 0.3) is 5.65 Å². The number of ether oxygens (including phenoxy) is 1. The molecule has 8 nitrogen and oxygen atoms in total. The Morgan fingerprint density at radius 2 is 2.04 bits per heavy atom. The Kier molecular flexibility index (Phi) is 4.75. The summed E-state index contributed by atoms with van der Waals surface area (Å²) in [7, 11) is 1.63. The van der Waals surface area contributed by atoms with Crippen molar-refractivity contribution >= 4 is 17.5 Å². The van der Waals surface area contributed by atoms with Crippen molar-refractivity contribution in [3.63, 3.8) is 0 Å². The SMILES string of the molecule is COc1cccc(C(C)Nc2nc(C(N)=O)nc3c(C(C)C)cnn23)c1. The number of hydrogen-bond acceptors (Lipinski definition) is 6. The van der Waals surface area contributed by atoms with E-state index in [-0.39, 0.29) is 17.8 Å². The molecule has 8 heteroatoms. The Balaban J connectivity index is 2.04. The zero-order valence-electron chi connectivity index (χ0n) is 15.2. The fourth-order valence-electron chi connectivity index (χ4n) is 2.69. The minimum absolute atomic E-state index is 0.0414. The first kappa shape index (κ1) is 17.7. The van der Waals surface area contributed by atoms with E-state index in [1.807, 2.05) is 45.0 Å². The second-order valence-corrected chi connectivity index (χ2v) is 6.37. The number of nitrogens with zero attached hydrogens (tertiary/aromatic N) is 4. The number of benzene rings is 1. The third kappa shape index (κ3) is 3.30. The number of nitrogens with two attached hydrogens (primary N) is 1. The lowest BCUT2D eigenvalue weighted by atomic mass is 10.1. The molecule has 1 amide bonds. The lowest BCUT2D eigenvalue weighted by Gasteiger charge is -2.16. The van der Waals surface area contributed by atoms with Crippen LogP contribution in [0.5, 0.6) is 5.75 Å². The van der Waals surface area contributed by atoms with Crippen LogP contribution in [0.3, 0.4) is 0 Å². The maximum Gasteiger partial charge on any atom is 0.286 e. The summed E-state index contributed by atoms with van der Waals surface area (Å²) >= 11 is 0. The average molecular weight is 354 g/mol. The molecule has 0 radical (unpaired) electrons. The van der Waals surface area contributed by atoms with Crippen LogP contribution in [0, 0.1) is 0 Å². The smallest absolute Gasteiger partial charge is 0.286 e. The van der Waals surface area contributed by atoms with Gasteiger partial charge in [0.2, 0.25) is 11.8 Å². The second kappa shape index (κ2) is 6.99. The molecule has 1 unspecified atom stereocenters. The van der Waals surface area contributed by atoms with Crippen molar-refractivity contribution in [3.8, 4) is 5.75 Å². The van der Waals surface area contributed by atoms with Crippen LogP contribution in [0.15, 0.2) is 30.5 Å². The predicted octanol–water partition coefficient (Wildman–Crippen LogP) is 2.53. The van der Waals surface area contributed by atoms with Crippen molar-refractivity contribution in [2.45, 2.75) is 32.7 Å². The van der Waals surface area contributed by atoms with Gasteiger partial charge < -0.3 is 15.8 Å². The van der Waals surface area contributed by atoms with Gasteiger partial charge in [0.05, 0.1) is 19.3 Å². The fraction of sp³-hybridized carbons (Fsp3) is 0.333. The summed E-state index contributed by atoms with van der Waals surface area (Å²) in [5.41, 5.74) is 7.91. The Morgan fingerprint density at radius 3 is 2.69 bits per heavy atom. The summed E-state index contributed by atoms with van der Waals surface area (Å²) in [6.07, 6.45) is 1.74. The quantitative estimate of drug-likeness (QED) is 0.704. The minimum atomic E-state index is -0.680. The minimum Gasteiger partial charge on any atom is -0.497 e. The fourth-order valence-corrected chi connectivity index (χ4v) is 2.69. The first-order valence-electron chi connectivity index (χ1n) is 8.36. The van der Waals surface area contributed by atoms with Crippen LogP contribution in [-0.4, -0.2) is 32.6 Å². The van der Waals surface area contributed by atoms with Gasteiger partial charge in [0.25, 0.3) is 5.91 Å². The van der Waals surface area contributed by atoms with Crippen molar-refractivity contribution in [2.24, 2.45) is 5.73 Å². The van der Waals surface area contributed by atoms with E-state index < -0.39 is 5.91 Å². The molecular formula is C18H22N6O2. The topological polar surface area (TPSA) is 107 Å². The Hall–Kier alpha value is -3.16. The molecule has 0 aliphatic heterocycles.